The Hall–Kier alpha value is -2.62. The molecule has 0 aliphatic heterocycles. The highest BCUT2D eigenvalue weighted by molar-refractivity contribution is 5.87. The van der Waals surface area contributed by atoms with Gasteiger partial charge in [-0.2, -0.15) is 13.2 Å². The number of carbonyl (C=O) groups is 3. The van der Waals surface area contributed by atoms with E-state index < -0.39 is 42.5 Å². The van der Waals surface area contributed by atoms with Gasteiger partial charge in [-0.05, 0) is 44.7 Å². The second kappa shape index (κ2) is 12.2. The minimum absolute atomic E-state index is 0.0736. The molecule has 0 aliphatic carbocycles. The van der Waals surface area contributed by atoms with E-state index in [4.69, 9.17) is 10.5 Å². The van der Waals surface area contributed by atoms with Gasteiger partial charge >= 0.3 is 24.0 Å². The highest BCUT2D eigenvalue weighted by Crippen LogP contribution is 2.26. The van der Waals surface area contributed by atoms with Crippen molar-refractivity contribution in [3.63, 3.8) is 0 Å². The Labute approximate surface area is 173 Å². The van der Waals surface area contributed by atoms with Crippen LogP contribution in [0.3, 0.4) is 0 Å². The first-order chi connectivity index (χ1) is 14.1. The zero-order valence-corrected chi connectivity index (χ0v) is 16.7. The second-order valence-electron chi connectivity index (χ2n) is 6.64. The van der Waals surface area contributed by atoms with E-state index in [-0.39, 0.29) is 37.3 Å². The molecule has 0 saturated carbocycles. The monoisotopic (exact) mass is 432 g/mol. The quantitative estimate of drug-likeness (QED) is 0.388. The van der Waals surface area contributed by atoms with Gasteiger partial charge in [-0.3, -0.25) is 9.59 Å². The van der Waals surface area contributed by atoms with Gasteiger partial charge in [0.2, 0.25) is 0 Å². The van der Waals surface area contributed by atoms with Crippen LogP contribution < -0.4 is 5.73 Å². The van der Waals surface area contributed by atoms with E-state index in [2.05, 4.69) is 0 Å². The van der Waals surface area contributed by atoms with Crippen LogP contribution in [0.2, 0.25) is 0 Å². The zero-order chi connectivity index (χ0) is 22.7. The fraction of sp³-hybridized carbons (Fsp3) is 0.550. The first kappa shape index (κ1) is 25.4. The maximum absolute atomic E-state index is 13.1. The average molecular weight is 432 g/mol. The van der Waals surface area contributed by atoms with E-state index in [0.717, 1.165) is 0 Å². The maximum Gasteiger partial charge on any atom is 0.471 e. The number of hydrogen-bond acceptors (Lipinski definition) is 5. The summed E-state index contributed by atoms with van der Waals surface area (Å²) in [6.07, 6.45) is -4.98. The van der Waals surface area contributed by atoms with E-state index in [1.54, 1.807) is 37.3 Å². The third-order valence-corrected chi connectivity index (χ3v) is 4.53. The summed E-state index contributed by atoms with van der Waals surface area (Å²) in [5.41, 5.74) is 5.87. The van der Waals surface area contributed by atoms with E-state index in [0.29, 0.717) is 12.0 Å². The Balaban J connectivity index is 3.14. The molecule has 1 aromatic rings. The molecule has 1 amide bonds. The first-order valence-electron chi connectivity index (χ1n) is 9.65. The van der Waals surface area contributed by atoms with Gasteiger partial charge < -0.3 is 20.5 Å². The van der Waals surface area contributed by atoms with Crippen molar-refractivity contribution in [1.29, 1.82) is 0 Å². The van der Waals surface area contributed by atoms with Gasteiger partial charge in [0, 0.05) is 6.54 Å². The van der Waals surface area contributed by atoms with Crippen molar-refractivity contribution in [2.75, 3.05) is 19.7 Å². The van der Waals surface area contributed by atoms with Gasteiger partial charge in [-0.15, -0.1) is 0 Å². The van der Waals surface area contributed by atoms with Crippen LogP contribution in [0.5, 0.6) is 0 Å². The van der Waals surface area contributed by atoms with Crippen LogP contribution in [0.15, 0.2) is 30.3 Å². The van der Waals surface area contributed by atoms with Crippen molar-refractivity contribution >= 4 is 17.8 Å². The van der Waals surface area contributed by atoms with Gasteiger partial charge in [0.05, 0.1) is 12.5 Å². The van der Waals surface area contributed by atoms with Crippen LogP contribution in [-0.2, 0) is 19.1 Å². The molecule has 0 bridgehead atoms. The topological polar surface area (TPSA) is 110 Å². The van der Waals surface area contributed by atoms with Crippen molar-refractivity contribution in [3.8, 4) is 0 Å². The number of aliphatic carboxylic acids is 1. The van der Waals surface area contributed by atoms with Crippen LogP contribution in [0.25, 0.3) is 0 Å². The lowest BCUT2D eigenvalue weighted by atomic mass is 9.95. The molecule has 1 unspecified atom stereocenters. The summed E-state index contributed by atoms with van der Waals surface area (Å²) in [5.74, 6) is -5.39. The molecule has 7 nitrogen and oxygen atoms in total. The number of benzene rings is 1. The van der Waals surface area contributed by atoms with Crippen molar-refractivity contribution in [2.24, 2.45) is 5.73 Å². The van der Waals surface area contributed by atoms with Crippen LogP contribution in [0.1, 0.15) is 44.1 Å². The molecular weight excluding hydrogens is 405 g/mol. The molecule has 0 saturated heterocycles. The van der Waals surface area contributed by atoms with Crippen molar-refractivity contribution < 1.29 is 37.4 Å². The molecule has 3 N–H and O–H groups in total. The standard InChI is InChI=1S/C20H27F3N2O5/c1-2-30-18(28)15(14-8-4-3-5-9-14)11-13-25(19(29)20(21,22)23)16(17(26)27)10-6-7-12-24/h3-5,8-9,15-16H,2,6-7,10-13,24H2,1H3,(H,26,27)/t15?,16-/m0/s1. The fourth-order valence-corrected chi connectivity index (χ4v) is 3.07. The molecule has 10 heteroatoms. The number of nitrogens with zero attached hydrogens (tertiary/aromatic N) is 1. The smallest absolute Gasteiger partial charge is 0.471 e. The molecule has 1 aromatic carbocycles. The number of hydrogen-bond donors (Lipinski definition) is 2. The highest BCUT2D eigenvalue weighted by atomic mass is 19.4. The highest BCUT2D eigenvalue weighted by Gasteiger charge is 2.46. The minimum Gasteiger partial charge on any atom is -0.480 e. The molecule has 0 spiro atoms. The molecule has 2 atom stereocenters. The number of ether oxygens (including phenoxy) is 1. The zero-order valence-electron chi connectivity index (χ0n) is 16.7. The molecule has 30 heavy (non-hydrogen) atoms. The van der Waals surface area contributed by atoms with Crippen LogP contribution >= 0.6 is 0 Å². The third kappa shape index (κ3) is 7.66. The number of carbonyl (C=O) groups excluding carboxylic acids is 2. The predicted molar refractivity (Wildman–Crippen MR) is 103 cm³/mol. The molecule has 0 fully saturated rings. The summed E-state index contributed by atoms with van der Waals surface area (Å²) in [4.78, 5) is 36.3. The summed E-state index contributed by atoms with van der Waals surface area (Å²) in [5, 5.41) is 9.45. The summed E-state index contributed by atoms with van der Waals surface area (Å²) in [7, 11) is 0. The van der Waals surface area contributed by atoms with Crippen LogP contribution in [0.4, 0.5) is 13.2 Å². The van der Waals surface area contributed by atoms with Crippen molar-refractivity contribution in [3.05, 3.63) is 35.9 Å². The lowest BCUT2D eigenvalue weighted by molar-refractivity contribution is -0.190. The summed E-state index contributed by atoms with van der Waals surface area (Å²) < 4.78 is 44.4. The molecular formula is C20H27F3N2O5. The Morgan fingerprint density at radius 1 is 1.13 bits per heavy atom. The van der Waals surface area contributed by atoms with Crippen molar-refractivity contribution in [2.45, 2.75) is 50.7 Å². The number of carboxylic acids is 1. The van der Waals surface area contributed by atoms with E-state index in [1.165, 1.54) is 0 Å². The lowest BCUT2D eigenvalue weighted by Crippen LogP contribution is -2.51. The maximum atomic E-state index is 13.1. The molecule has 1 rings (SSSR count). The third-order valence-electron chi connectivity index (χ3n) is 4.53. The van der Waals surface area contributed by atoms with Gasteiger partial charge in [0.1, 0.15) is 6.04 Å². The largest absolute Gasteiger partial charge is 0.480 e. The number of halogens is 3. The number of carboxylic acid groups (broad SMARTS) is 1. The lowest BCUT2D eigenvalue weighted by Gasteiger charge is -2.31. The van der Waals surface area contributed by atoms with E-state index >= 15 is 0 Å². The number of esters is 1. The molecule has 0 aliphatic rings. The van der Waals surface area contributed by atoms with Gasteiger partial charge in [0.15, 0.2) is 0 Å². The normalized spacial score (nSPS) is 13.4. The van der Waals surface area contributed by atoms with Gasteiger partial charge in [-0.1, -0.05) is 30.3 Å². The number of alkyl halides is 3. The SMILES string of the molecule is CCOC(=O)C(CCN(C(=O)C(F)(F)F)[C@@H](CCCCN)C(=O)O)c1ccccc1. The number of rotatable bonds is 12. The molecule has 0 heterocycles. The van der Waals surface area contributed by atoms with Crippen LogP contribution in [0, 0.1) is 0 Å². The Bertz CT molecular complexity index is 697. The van der Waals surface area contributed by atoms with Crippen LogP contribution in [-0.4, -0.2) is 59.8 Å². The number of nitrogens with two attached hydrogens (primary N) is 1. The van der Waals surface area contributed by atoms with E-state index in [1.807, 2.05) is 0 Å². The molecule has 0 aromatic heterocycles. The molecule has 0 radical (unpaired) electrons. The first-order valence-corrected chi connectivity index (χ1v) is 9.65. The molecule has 168 valence electrons. The van der Waals surface area contributed by atoms with Crippen molar-refractivity contribution in [1.82, 2.24) is 4.90 Å². The Kier molecular flexibility index (Phi) is 10.3. The number of unbranched alkanes of at least 4 members (excludes halogenated alkanes) is 1. The second-order valence-corrected chi connectivity index (χ2v) is 6.64. The van der Waals surface area contributed by atoms with Gasteiger partial charge in [0.25, 0.3) is 0 Å². The minimum atomic E-state index is -5.24. The number of amides is 1. The van der Waals surface area contributed by atoms with Gasteiger partial charge in [-0.25, -0.2) is 4.79 Å². The summed E-state index contributed by atoms with van der Waals surface area (Å²) in [6, 6.07) is 6.59. The Morgan fingerprint density at radius 2 is 1.77 bits per heavy atom. The predicted octanol–water partition coefficient (Wildman–Crippen LogP) is 2.70. The van der Waals surface area contributed by atoms with E-state index in [9.17, 15) is 32.7 Å². The summed E-state index contributed by atoms with van der Waals surface area (Å²) in [6.45, 7) is 1.34. The summed E-state index contributed by atoms with van der Waals surface area (Å²) >= 11 is 0. The fourth-order valence-electron chi connectivity index (χ4n) is 3.07. The Morgan fingerprint density at radius 3 is 2.27 bits per heavy atom. The average Bonchev–Trinajstić information content (AvgIpc) is 2.69.